The van der Waals surface area contributed by atoms with Gasteiger partial charge < -0.3 is 14.1 Å². The number of carbonyl (C=O) groups excluding carboxylic acids is 1. The first-order valence-corrected chi connectivity index (χ1v) is 9.73. The molecule has 1 aliphatic rings. The number of carbonyl (C=O) groups is 1. The molecule has 1 aromatic heterocycles. The molecule has 2 aromatic carbocycles. The molecule has 0 unspecified atom stereocenters. The maximum atomic E-state index is 13.9. The van der Waals surface area contributed by atoms with E-state index in [1.54, 1.807) is 35.2 Å². The van der Waals surface area contributed by atoms with Gasteiger partial charge in [0, 0.05) is 38.3 Å². The van der Waals surface area contributed by atoms with Crippen LogP contribution >= 0.6 is 0 Å². The summed E-state index contributed by atoms with van der Waals surface area (Å²) in [4.78, 5) is 16.7. The van der Waals surface area contributed by atoms with Gasteiger partial charge in [0.15, 0.2) is 17.3 Å². The van der Waals surface area contributed by atoms with Crippen LogP contribution < -0.4 is 4.74 Å². The van der Waals surface area contributed by atoms with E-state index < -0.39 is 0 Å². The monoisotopic (exact) mass is 412 g/mol. The Labute approximate surface area is 173 Å². The number of amides is 1. The Morgan fingerprint density at radius 3 is 2.40 bits per heavy atom. The number of nitrogens with zero attached hydrogens (tertiary/aromatic N) is 2. The van der Waals surface area contributed by atoms with Crippen molar-refractivity contribution in [2.24, 2.45) is 0 Å². The van der Waals surface area contributed by atoms with E-state index in [-0.39, 0.29) is 29.1 Å². The van der Waals surface area contributed by atoms with Gasteiger partial charge in [-0.05, 0) is 54.1 Å². The number of rotatable bonds is 5. The smallest absolute Gasteiger partial charge is 0.289 e. The second-order valence-corrected chi connectivity index (χ2v) is 7.21. The van der Waals surface area contributed by atoms with Gasteiger partial charge >= 0.3 is 0 Å². The van der Waals surface area contributed by atoms with E-state index in [4.69, 9.17) is 9.15 Å². The van der Waals surface area contributed by atoms with Gasteiger partial charge in [-0.2, -0.15) is 0 Å². The fourth-order valence-electron chi connectivity index (χ4n) is 3.55. The number of halogens is 2. The third-order valence-corrected chi connectivity index (χ3v) is 5.23. The predicted octanol–water partition coefficient (Wildman–Crippen LogP) is 4.19. The van der Waals surface area contributed by atoms with E-state index in [2.05, 4.69) is 4.90 Å². The average Bonchev–Trinajstić information content (AvgIpc) is 3.25. The molecule has 1 saturated heterocycles. The molecule has 30 heavy (non-hydrogen) atoms. The molecule has 156 valence electrons. The number of ether oxygens (including phenoxy) is 1. The summed E-state index contributed by atoms with van der Waals surface area (Å²) in [7, 11) is 1.44. The van der Waals surface area contributed by atoms with Crippen molar-refractivity contribution in [1.29, 1.82) is 0 Å². The van der Waals surface area contributed by atoms with Crippen molar-refractivity contribution < 1.29 is 22.7 Å². The minimum atomic E-state index is -0.376. The second-order valence-electron chi connectivity index (χ2n) is 7.21. The molecule has 0 aliphatic carbocycles. The van der Waals surface area contributed by atoms with Crippen molar-refractivity contribution in [3.05, 3.63) is 77.6 Å². The molecule has 1 fully saturated rings. The van der Waals surface area contributed by atoms with E-state index in [0.29, 0.717) is 44.0 Å². The quantitative estimate of drug-likeness (QED) is 0.631. The minimum Gasteiger partial charge on any atom is -0.494 e. The lowest BCUT2D eigenvalue weighted by Gasteiger charge is -2.34. The first-order valence-electron chi connectivity index (χ1n) is 9.73. The zero-order valence-electron chi connectivity index (χ0n) is 16.6. The van der Waals surface area contributed by atoms with Gasteiger partial charge in [0.05, 0.1) is 7.11 Å². The standard InChI is InChI=1S/C23H22F2N2O3/c1-29-21-7-2-16(14-19(21)25)15-26-10-12-27(13-11-26)23(28)22-9-8-20(30-22)17-3-5-18(24)6-4-17/h2-9,14H,10-13,15H2,1H3. The van der Waals surface area contributed by atoms with Gasteiger partial charge in [-0.3, -0.25) is 9.69 Å². The van der Waals surface area contributed by atoms with Crippen LogP contribution in [0.2, 0.25) is 0 Å². The second kappa shape index (κ2) is 8.67. The number of piperazine rings is 1. The maximum absolute atomic E-state index is 13.9. The molecule has 0 N–H and O–H groups in total. The highest BCUT2D eigenvalue weighted by atomic mass is 19.1. The van der Waals surface area contributed by atoms with Gasteiger partial charge in [-0.15, -0.1) is 0 Å². The van der Waals surface area contributed by atoms with Crippen LogP contribution in [0.4, 0.5) is 8.78 Å². The average molecular weight is 412 g/mol. The molecule has 2 heterocycles. The SMILES string of the molecule is COc1ccc(CN2CCN(C(=O)c3ccc(-c4ccc(F)cc4)o3)CC2)cc1F. The number of benzene rings is 2. The van der Waals surface area contributed by atoms with Crippen LogP contribution in [-0.2, 0) is 6.54 Å². The molecule has 0 bridgehead atoms. The normalized spacial score (nSPS) is 14.7. The van der Waals surface area contributed by atoms with Gasteiger partial charge in [-0.1, -0.05) is 6.07 Å². The first kappa shape index (κ1) is 20.1. The van der Waals surface area contributed by atoms with Gasteiger partial charge in [0.1, 0.15) is 11.6 Å². The van der Waals surface area contributed by atoms with Crippen molar-refractivity contribution in [3.8, 4) is 17.1 Å². The van der Waals surface area contributed by atoms with Crippen molar-refractivity contribution in [3.63, 3.8) is 0 Å². The molecule has 0 saturated carbocycles. The summed E-state index contributed by atoms with van der Waals surface area (Å²) in [6, 6.07) is 14.3. The molecule has 1 aliphatic heterocycles. The Bertz CT molecular complexity index is 1030. The van der Waals surface area contributed by atoms with Gasteiger partial charge in [0.25, 0.3) is 5.91 Å². The highest BCUT2D eigenvalue weighted by molar-refractivity contribution is 5.92. The first-order chi connectivity index (χ1) is 14.5. The molecule has 1 amide bonds. The number of hydrogen-bond acceptors (Lipinski definition) is 4. The fraction of sp³-hybridized carbons (Fsp3) is 0.261. The van der Waals surface area contributed by atoms with Crippen LogP contribution in [0.25, 0.3) is 11.3 Å². The predicted molar refractivity (Wildman–Crippen MR) is 108 cm³/mol. The molecule has 0 atom stereocenters. The summed E-state index contributed by atoms with van der Waals surface area (Å²) in [5, 5.41) is 0. The summed E-state index contributed by atoms with van der Waals surface area (Å²) in [6.45, 7) is 3.10. The lowest BCUT2D eigenvalue weighted by Crippen LogP contribution is -2.48. The highest BCUT2D eigenvalue weighted by Crippen LogP contribution is 2.24. The summed E-state index contributed by atoms with van der Waals surface area (Å²) in [6.07, 6.45) is 0. The summed E-state index contributed by atoms with van der Waals surface area (Å²) < 4.78 is 37.6. The molecular formula is C23H22F2N2O3. The number of furan rings is 1. The van der Waals surface area contributed by atoms with Crippen LogP contribution in [0.15, 0.2) is 59.0 Å². The van der Waals surface area contributed by atoms with Crippen molar-refractivity contribution in [1.82, 2.24) is 9.80 Å². The lowest BCUT2D eigenvalue weighted by atomic mass is 10.1. The Morgan fingerprint density at radius 2 is 1.73 bits per heavy atom. The Balaban J connectivity index is 1.34. The fourth-order valence-corrected chi connectivity index (χ4v) is 3.55. The minimum absolute atomic E-state index is 0.168. The van der Waals surface area contributed by atoms with Gasteiger partial charge in [0.2, 0.25) is 0 Å². The molecule has 3 aromatic rings. The molecule has 0 spiro atoms. The van der Waals surface area contributed by atoms with E-state index in [0.717, 1.165) is 5.56 Å². The van der Waals surface area contributed by atoms with Gasteiger partial charge in [-0.25, -0.2) is 8.78 Å². The van der Waals surface area contributed by atoms with Crippen LogP contribution in [0.3, 0.4) is 0 Å². The molecular weight excluding hydrogens is 390 g/mol. The van der Waals surface area contributed by atoms with Crippen molar-refractivity contribution in [2.75, 3.05) is 33.3 Å². The zero-order chi connectivity index (χ0) is 21.1. The van der Waals surface area contributed by atoms with Crippen LogP contribution in [-0.4, -0.2) is 49.0 Å². The van der Waals surface area contributed by atoms with Crippen molar-refractivity contribution in [2.45, 2.75) is 6.54 Å². The number of methoxy groups -OCH3 is 1. The van der Waals surface area contributed by atoms with E-state index >= 15 is 0 Å². The largest absolute Gasteiger partial charge is 0.494 e. The molecule has 7 heteroatoms. The van der Waals surface area contributed by atoms with E-state index in [9.17, 15) is 13.6 Å². The third-order valence-electron chi connectivity index (χ3n) is 5.23. The summed E-state index contributed by atoms with van der Waals surface area (Å²) >= 11 is 0. The van der Waals surface area contributed by atoms with E-state index in [1.807, 2.05) is 6.07 Å². The van der Waals surface area contributed by atoms with Crippen LogP contribution in [0.5, 0.6) is 5.75 Å². The Hall–Kier alpha value is -3.19. The van der Waals surface area contributed by atoms with Crippen LogP contribution in [0.1, 0.15) is 16.1 Å². The molecule has 4 rings (SSSR count). The number of hydrogen-bond donors (Lipinski definition) is 0. The van der Waals surface area contributed by atoms with Crippen molar-refractivity contribution >= 4 is 5.91 Å². The Kier molecular flexibility index (Phi) is 5.81. The molecule has 0 radical (unpaired) electrons. The topological polar surface area (TPSA) is 45.9 Å². The lowest BCUT2D eigenvalue weighted by molar-refractivity contribution is 0.0598. The maximum Gasteiger partial charge on any atom is 0.289 e. The third kappa shape index (κ3) is 4.36. The highest BCUT2D eigenvalue weighted by Gasteiger charge is 2.24. The zero-order valence-corrected chi connectivity index (χ0v) is 16.6. The Morgan fingerprint density at radius 1 is 1.00 bits per heavy atom. The summed E-state index contributed by atoms with van der Waals surface area (Å²) in [5.41, 5.74) is 1.58. The van der Waals surface area contributed by atoms with Crippen LogP contribution in [0, 0.1) is 11.6 Å². The molecule has 5 nitrogen and oxygen atoms in total. The summed E-state index contributed by atoms with van der Waals surface area (Å²) in [5.74, 6) is 0.153. The van der Waals surface area contributed by atoms with E-state index in [1.165, 1.54) is 25.3 Å².